The molecule has 2 aliphatic rings. The Labute approximate surface area is 96.3 Å². The maximum absolute atomic E-state index is 13.2. The van der Waals surface area contributed by atoms with Gasteiger partial charge >= 0.3 is 11.9 Å². The molecular formula is C12H9FO4. The van der Waals surface area contributed by atoms with Crippen LogP contribution < -0.4 is 0 Å². The van der Waals surface area contributed by atoms with Gasteiger partial charge in [-0.05, 0) is 12.1 Å². The average Bonchev–Trinajstić information content (AvgIpc) is 2.70. The summed E-state index contributed by atoms with van der Waals surface area (Å²) in [7, 11) is 0. The van der Waals surface area contributed by atoms with E-state index in [9.17, 15) is 14.0 Å². The minimum Gasteiger partial charge on any atom is -0.418 e. The number of hydrogen-bond acceptors (Lipinski definition) is 4. The zero-order valence-electron chi connectivity index (χ0n) is 8.81. The van der Waals surface area contributed by atoms with Crippen LogP contribution in [0.15, 0.2) is 24.3 Å². The zero-order chi connectivity index (χ0) is 12.0. The van der Waals surface area contributed by atoms with Crippen LogP contribution in [0, 0.1) is 11.7 Å². The van der Waals surface area contributed by atoms with E-state index in [1.807, 2.05) is 0 Å². The van der Waals surface area contributed by atoms with Gasteiger partial charge in [-0.25, -0.2) is 4.39 Å². The molecule has 0 saturated carbocycles. The molecule has 0 radical (unpaired) electrons. The largest absolute Gasteiger partial charge is 0.418 e. The number of carbonyl (C=O) groups excluding carboxylic acids is 2. The third-order valence-corrected chi connectivity index (χ3v) is 3.12. The van der Waals surface area contributed by atoms with E-state index in [2.05, 4.69) is 0 Å². The molecule has 3 rings (SSSR count). The Morgan fingerprint density at radius 1 is 1.18 bits per heavy atom. The van der Waals surface area contributed by atoms with E-state index in [0.29, 0.717) is 5.56 Å². The Balaban J connectivity index is 2.09. The van der Waals surface area contributed by atoms with Gasteiger partial charge < -0.3 is 9.47 Å². The number of ether oxygens (including phenoxy) is 2. The lowest BCUT2D eigenvalue weighted by molar-refractivity contribution is -0.210. The summed E-state index contributed by atoms with van der Waals surface area (Å²) in [6, 6.07) is 5.59. The van der Waals surface area contributed by atoms with Crippen molar-refractivity contribution < 1.29 is 23.5 Å². The molecule has 17 heavy (non-hydrogen) atoms. The monoisotopic (exact) mass is 236 g/mol. The van der Waals surface area contributed by atoms with E-state index in [1.165, 1.54) is 18.2 Å². The molecule has 2 fully saturated rings. The van der Waals surface area contributed by atoms with Crippen LogP contribution in [0.2, 0.25) is 0 Å². The fourth-order valence-corrected chi connectivity index (χ4v) is 2.41. The Hall–Kier alpha value is -1.91. The summed E-state index contributed by atoms with van der Waals surface area (Å²) in [5, 5.41) is 0. The van der Waals surface area contributed by atoms with Crippen molar-refractivity contribution in [2.75, 3.05) is 0 Å². The number of fused-ring (bicyclic) bond motifs is 1. The number of benzene rings is 1. The molecule has 0 amide bonds. The number of carbonyl (C=O) groups is 2. The molecule has 2 aliphatic heterocycles. The van der Waals surface area contributed by atoms with Gasteiger partial charge in [-0.1, -0.05) is 12.1 Å². The highest BCUT2D eigenvalue weighted by Crippen LogP contribution is 2.49. The minimum absolute atomic E-state index is 0.127. The first-order valence-corrected chi connectivity index (χ1v) is 5.30. The number of halogens is 1. The lowest BCUT2D eigenvalue weighted by atomic mass is 9.91. The van der Waals surface area contributed by atoms with Crippen LogP contribution >= 0.6 is 0 Å². The molecule has 4 nitrogen and oxygen atoms in total. The van der Waals surface area contributed by atoms with E-state index in [1.54, 1.807) is 6.07 Å². The molecule has 2 saturated heterocycles. The van der Waals surface area contributed by atoms with Crippen LogP contribution in [0.25, 0.3) is 0 Å². The van der Waals surface area contributed by atoms with Gasteiger partial charge in [0.2, 0.25) is 0 Å². The first kappa shape index (κ1) is 10.3. The molecule has 0 bridgehead atoms. The summed E-state index contributed by atoms with van der Waals surface area (Å²) < 4.78 is 23.5. The quantitative estimate of drug-likeness (QED) is 0.693. The van der Waals surface area contributed by atoms with Crippen LogP contribution in [0.1, 0.15) is 18.4 Å². The second-order valence-electron chi connectivity index (χ2n) is 4.23. The topological polar surface area (TPSA) is 52.6 Å². The van der Waals surface area contributed by atoms with E-state index >= 15 is 0 Å². The van der Waals surface area contributed by atoms with E-state index in [-0.39, 0.29) is 18.8 Å². The molecule has 5 heteroatoms. The smallest absolute Gasteiger partial charge is 0.309 e. The Morgan fingerprint density at radius 3 is 2.41 bits per heavy atom. The standard InChI is InChI=1S/C12H9FO4/c13-9-3-1-2-7(4-9)12-8(5-10(14)16-12)6-11(15)17-12/h1-4,8H,5-6H2. The van der Waals surface area contributed by atoms with Gasteiger partial charge in [0.1, 0.15) is 5.82 Å². The van der Waals surface area contributed by atoms with Gasteiger partial charge in [0.25, 0.3) is 5.79 Å². The first-order chi connectivity index (χ1) is 8.10. The van der Waals surface area contributed by atoms with Crippen molar-refractivity contribution in [3.05, 3.63) is 35.6 Å². The Bertz CT molecular complexity index is 491. The van der Waals surface area contributed by atoms with Gasteiger partial charge in [0, 0.05) is 5.56 Å². The van der Waals surface area contributed by atoms with E-state index in [4.69, 9.17) is 9.47 Å². The summed E-state index contributed by atoms with van der Waals surface area (Å²) in [4.78, 5) is 22.6. The van der Waals surface area contributed by atoms with Gasteiger partial charge in [0.05, 0.1) is 18.8 Å². The molecule has 0 unspecified atom stereocenters. The molecule has 0 N–H and O–H groups in total. The molecule has 0 aliphatic carbocycles. The minimum atomic E-state index is -1.41. The summed E-state index contributed by atoms with van der Waals surface area (Å²) in [6.45, 7) is 0. The van der Waals surface area contributed by atoms with Crippen molar-refractivity contribution in [1.82, 2.24) is 0 Å². The molecule has 1 aromatic rings. The predicted molar refractivity (Wildman–Crippen MR) is 53.0 cm³/mol. The molecule has 2 heterocycles. The zero-order valence-corrected chi connectivity index (χ0v) is 8.81. The highest BCUT2D eigenvalue weighted by Gasteiger charge is 2.59. The van der Waals surface area contributed by atoms with Crippen LogP contribution in [0.5, 0.6) is 0 Å². The van der Waals surface area contributed by atoms with Crippen molar-refractivity contribution in [3.63, 3.8) is 0 Å². The SMILES string of the molecule is O=C1CC2CC(=O)OC2(c2cccc(F)c2)O1. The highest BCUT2D eigenvalue weighted by molar-refractivity contribution is 5.80. The maximum atomic E-state index is 13.2. The summed E-state index contributed by atoms with van der Waals surface area (Å²) in [5.74, 6) is -3.07. The maximum Gasteiger partial charge on any atom is 0.309 e. The van der Waals surface area contributed by atoms with Gasteiger partial charge in [-0.15, -0.1) is 0 Å². The molecule has 0 spiro atoms. The summed E-state index contributed by atoms with van der Waals surface area (Å²) in [6.07, 6.45) is 0.254. The number of hydrogen-bond donors (Lipinski definition) is 0. The van der Waals surface area contributed by atoms with Gasteiger partial charge in [0.15, 0.2) is 0 Å². The molecule has 0 aromatic heterocycles. The van der Waals surface area contributed by atoms with Crippen LogP contribution in [-0.2, 0) is 24.8 Å². The third kappa shape index (κ3) is 1.42. The second kappa shape index (κ2) is 3.29. The lowest BCUT2D eigenvalue weighted by Crippen LogP contribution is -2.30. The molecule has 1 aromatic carbocycles. The molecular weight excluding hydrogens is 227 g/mol. The Morgan fingerprint density at radius 2 is 1.82 bits per heavy atom. The van der Waals surface area contributed by atoms with E-state index in [0.717, 1.165) is 0 Å². The third-order valence-electron chi connectivity index (χ3n) is 3.12. The van der Waals surface area contributed by atoms with Crippen molar-refractivity contribution in [3.8, 4) is 0 Å². The molecule has 0 atom stereocenters. The Kier molecular flexibility index (Phi) is 1.98. The van der Waals surface area contributed by atoms with Crippen LogP contribution in [-0.4, -0.2) is 11.9 Å². The van der Waals surface area contributed by atoms with Gasteiger partial charge in [-0.2, -0.15) is 0 Å². The number of esters is 2. The van der Waals surface area contributed by atoms with E-state index < -0.39 is 23.5 Å². The normalized spacial score (nSPS) is 31.0. The summed E-state index contributed by atoms with van der Waals surface area (Å²) >= 11 is 0. The van der Waals surface area contributed by atoms with Gasteiger partial charge in [-0.3, -0.25) is 9.59 Å². The van der Waals surface area contributed by atoms with Crippen LogP contribution in [0.4, 0.5) is 4.39 Å². The lowest BCUT2D eigenvalue weighted by Gasteiger charge is -2.25. The number of rotatable bonds is 1. The molecule has 88 valence electrons. The van der Waals surface area contributed by atoms with Crippen molar-refractivity contribution >= 4 is 11.9 Å². The van der Waals surface area contributed by atoms with Crippen molar-refractivity contribution in [2.45, 2.75) is 18.6 Å². The highest BCUT2D eigenvalue weighted by atomic mass is 19.1. The second-order valence-corrected chi connectivity index (χ2v) is 4.23. The summed E-state index contributed by atoms with van der Waals surface area (Å²) in [5.41, 5.74) is 0.374. The van der Waals surface area contributed by atoms with Crippen molar-refractivity contribution in [2.24, 2.45) is 5.92 Å². The predicted octanol–water partition coefficient (Wildman–Crippen LogP) is 1.49. The van der Waals surface area contributed by atoms with Crippen molar-refractivity contribution in [1.29, 1.82) is 0 Å². The average molecular weight is 236 g/mol. The van der Waals surface area contributed by atoms with Crippen LogP contribution in [0.3, 0.4) is 0 Å². The fourth-order valence-electron chi connectivity index (χ4n) is 2.41. The first-order valence-electron chi connectivity index (χ1n) is 5.30. The fraction of sp³-hybridized carbons (Fsp3) is 0.333.